The molecular weight excluding hydrogens is 915 g/mol. The lowest BCUT2D eigenvalue weighted by atomic mass is 9.67. The van der Waals surface area contributed by atoms with E-state index in [1.165, 1.54) is 111 Å². The monoisotopic (exact) mass is 982 g/mol. The average Bonchev–Trinajstić information content (AvgIpc) is 4.19. The molecule has 1 heteroatoms. The van der Waals surface area contributed by atoms with Crippen molar-refractivity contribution in [3.05, 3.63) is 280 Å². The number of fused-ring (bicyclic) bond motifs is 9. The lowest BCUT2D eigenvalue weighted by Crippen LogP contribution is -2.29. The van der Waals surface area contributed by atoms with Gasteiger partial charge in [-0.05, 0) is 147 Å². The Balaban J connectivity index is 1.02. The summed E-state index contributed by atoms with van der Waals surface area (Å²) in [6, 6.07) is 85.9. The Morgan fingerprint density at radius 3 is 1.34 bits per heavy atom. The molecule has 0 spiro atoms. The zero-order valence-corrected chi connectivity index (χ0v) is 45.8. The maximum absolute atomic E-state index is 2.55. The summed E-state index contributed by atoms with van der Waals surface area (Å²) in [5.74, 6) is 0. The molecule has 0 saturated heterocycles. The van der Waals surface area contributed by atoms with Crippen LogP contribution in [0.5, 0.6) is 0 Å². The molecule has 372 valence electrons. The Labute approximate surface area is 451 Å². The normalized spacial score (nSPS) is 15.0. The summed E-state index contributed by atoms with van der Waals surface area (Å²) in [6.45, 7) is 23.4. The van der Waals surface area contributed by atoms with Gasteiger partial charge in [0, 0.05) is 27.8 Å². The highest BCUT2D eigenvalue weighted by molar-refractivity contribution is 5.99. The first-order valence-electron chi connectivity index (χ1n) is 27.4. The largest absolute Gasteiger partial charge is 0.310 e. The molecule has 10 aromatic rings. The van der Waals surface area contributed by atoms with E-state index in [1.54, 1.807) is 0 Å². The highest BCUT2D eigenvalue weighted by atomic mass is 15.1. The first-order chi connectivity index (χ1) is 36.5. The van der Waals surface area contributed by atoms with E-state index in [9.17, 15) is 0 Å². The number of rotatable bonds is 7. The standard InChI is InChI=1S/C75H67N/c1-71(2,3)49-35-39-51(40-36-49)75(52-41-37-50(38-42-52)72(4,5)6)65-30-18-15-25-62(65)69-66(75)31-20-32-68(69)76(54-45-46-59-57-23-13-16-28-63(57)73(7,8)67(59)47-54)53-43-33-48(34-44-53)55-21-11-12-22-56(55)60-26-19-27-61-58-24-14-17-29-64(58)74(9,10)70(60)61/h11-47H,1-10H3. The van der Waals surface area contributed by atoms with Crippen molar-refractivity contribution >= 4 is 17.1 Å². The summed E-state index contributed by atoms with van der Waals surface area (Å²) in [6.07, 6.45) is 0. The summed E-state index contributed by atoms with van der Waals surface area (Å²) >= 11 is 0. The minimum absolute atomic E-state index is 0.0215. The van der Waals surface area contributed by atoms with Crippen LogP contribution in [0.1, 0.15) is 125 Å². The van der Waals surface area contributed by atoms with E-state index < -0.39 is 5.41 Å². The topological polar surface area (TPSA) is 3.24 Å². The van der Waals surface area contributed by atoms with Crippen molar-refractivity contribution in [1.29, 1.82) is 0 Å². The van der Waals surface area contributed by atoms with E-state index in [0.717, 1.165) is 17.1 Å². The van der Waals surface area contributed by atoms with E-state index in [1.807, 2.05) is 0 Å². The Kier molecular flexibility index (Phi) is 10.7. The second-order valence-electron chi connectivity index (χ2n) is 24.9. The van der Waals surface area contributed by atoms with Crippen LogP contribution in [0.4, 0.5) is 17.1 Å². The third-order valence-electron chi connectivity index (χ3n) is 17.7. The van der Waals surface area contributed by atoms with E-state index in [0.29, 0.717) is 0 Å². The van der Waals surface area contributed by atoms with Gasteiger partial charge in [-0.3, -0.25) is 0 Å². The molecule has 0 amide bonds. The van der Waals surface area contributed by atoms with Gasteiger partial charge >= 0.3 is 0 Å². The van der Waals surface area contributed by atoms with Crippen LogP contribution in [0, 0.1) is 0 Å². The molecule has 0 atom stereocenters. The highest BCUT2D eigenvalue weighted by Gasteiger charge is 2.48. The summed E-state index contributed by atoms with van der Waals surface area (Å²) in [7, 11) is 0. The van der Waals surface area contributed by atoms with Crippen molar-refractivity contribution in [3.63, 3.8) is 0 Å². The van der Waals surface area contributed by atoms with Crippen LogP contribution in [0.2, 0.25) is 0 Å². The molecule has 0 N–H and O–H groups in total. The first kappa shape index (κ1) is 47.7. The zero-order valence-electron chi connectivity index (χ0n) is 45.8. The van der Waals surface area contributed by atoms with E-state index in [4.69, 9.17) is 0 Å². The van der Waals surface area contributed by atoms with E-state index in [-0.39, 0.29) is 21.7 Å². The predicted octanol–water partition coefficient (Wildman–Crippen LogP) is 20.1. The molecule has 0 saturated carbocycles. The number of nitrogens with zero attached hydrogens (tertiary/aromatic N) is 1. The fourth-order valence-electron chi connectivity index (χ4n) is 13.8. The number of hydrogen-bond acceptors (Lipinski definition) is 1. The molecule has 0 radical (unpaired) electrons. The molecule has 1 nitrogen and oxygen atoms in total. The smallest absolute Gasteiger partial charge is 0.0714 e. The molecule has 0 aromatic heterocycles. The molecular formula is C75H67N. The Hall–Kier alpha value is -8.00. The van der Waals surface area contributed by atoms with Crippen LogP contribution in [0.25, 0.3) is 55.6 Å². The van der Waals surface area contributed by atoms with Crippen molar-refractivity contribution in [2.45, 2.75) is 96.3 Å². The van der Waals surface area contributed by atoms with Crippen molar-refractivity contribution in [2.24, 2.45) is 0 Å². The molecule has 0 bridgehead atoms. The van der Waals surface area contributed by atoms with E-state index in [2.05, 4.69) is 299 Å². The molecule has 3 aliphatic carbocycles. The van der Waals surface area contributed by atoms with Crippen LogP contribution in [-0.2, 0) is 27.1 Å². The maximum Gasteiger partial charge on any atom is 0.0714 e. The summed E-state index contributed by atoms with van der Waals surface area (Å²) in [5, 5.41) is 0. The van der Waals surface area contributed by atoms with Crippen LogP contribution in [0.3, 0.4) is 0 Å². The zero-order chi connectivity index (χ0) is 52.5. The number of benzene rings is 10. The van der Waals surface area contributed by atoms with Gasteiger partial charge in [0.1, 0.15) is 0 Å². The third kappa shape index (κ3) is 7.04. The van der Waals surface area contributed by atoms with Gasteiger partial charge in [0.05, 0.1) is 11.1 Å². The van der Waals surface area contributed by atoms with Crippen LogP contribution < -0.4 is 4.90 Å². The first-order valence-corrected chi connectivity index (χ1v) is 27.4. The van der Waals surface area contributed by atoms with Gasteiger partial charge < -0.3 is 4.90 Å². The van der Waals surface area contributed by atoms with Crippen molar-refractivity contribution in [1.82, 2.24) is 0 Å². The molecule has 10 aromatic carbocycles. The average molecular weight is 982 g/mol. The highest BCUT2D eigenvalue weighted by Crippen LogP contribution is 2.61. The van der Waals surface area contributed by atoms with Crippen molar-refractivity contribution in [2.75, 3.05) is 4.90 Å². The van der Waals surface area contributed by atoms with E-state index >= 15 is 0 Å². The Morgan fingerprint density at radius 1 is 0.316 bits per heavy atom. The summed E-state index contributed by atoms with van der Waals surface area (Å²) in [5.41, 5.74) is 28.7. The maximum atomic E-state index is 2.55. The van der Waals surface area contributed by atoms with Gasteiger partial charge in [0.25, 0.3) is 0 Å². The van der Waals surface area contributed by atoms with Gasteiger partial charge in [-0.25, -0.2) is 0 Å². The van der Waals surface area contributed by atoms with Gasteiger partial charge in [0.2, 0.25) is 0 Å². The molecule has 0 heterocycles. The van der Waals surface area contributed by atoms with Crippen LogP contribution >= 0.6 is 0 Å². The molecule has 3 aliphatic rings. The molecule has 13 rings (SSSR count). The molecule has 0 aliphatic heterocycles. The minimum atomic E-state index is -0.580. The lowest BCUT2D eigenvalue weighted by molar-refractivity contribution is 0.588. The number of hydrogen-bond donors (Lipinski definition) is 0. The van der Waals surface area contributed by atoms with Crippen molar-refractivity contribution in [3.8, 4) is 55.6 Å². The second kappa shape index (κ2) is 17.0. The minimum Gasteiger partial charge on any atom is -0.310 e. The third-order valence-corrected chi connectivity index (χ3v) is 17.7. The van der Waals surface area contributed by atoms with Gasteiger partial charge in [-0.15, -0.1) is 0 Å². The van der Waals surface area contributed by atoms with Crippen LogP contribution in [-0.4, -0.2) is 0 Å². The van der Waals surface area contributed by atoms with Gasteiger partial charge in [-0.1, -0.05) is 263 Å². The molecule has 0 fully saturated rings. The summed E-state index contributed by atoms with van der Waals surface area (Å²) < 4.78 is 0. The van der Waals surface area contributed by atoms with Crippen LogP contribution in [0.15, 0.2) is 224 Å². The van der Waals surface area contributed by atoms with Gasteiger partial charge in [-0.2, -0.15) is 0 Å². The quantitative estimate of drug-likeness (QED) is 0.154. The predicted molar refractivity (Wildman–Crippen MR) is 322 cm³/mol. The Morgan fingerprint density at radius 2 is 0.750 bits per heavy atom. The molecule has 0 unspecified atom stereocenters. The fraction of sp³-hybridized carbons (Fsp3) is 0.200. The molecule has 76 heavy (non-hydrogen) atoms. The lowest BCUT2D eigenvalue weighted by Gasteiger charge is -2.35. The van der Waals surface area contributed by atoms with Crippen molar-refractivity contribution < 1.29 is 0 Å². The SMILES string of the molecule is CC(C)(C)c1ccc(C2(c3ccc(C(C)(C)C)cc3)c3ccccc3-c3c(N(c4ccc(-c5ccccc5-c5cccc6c5C(C)(C)c5ccccc5-6)cc4)c4ccc5c(c4)C(C)(C)c4ccccc4-5)cccc32)cc1. The summed E-state index contributed by atoms with van der Waals surface area (Å²) in [4.78, 5) is 2.55. The second-order valence-corrected chi connectivity index (χ2v) is 24.9. The number of anilines is 3. The fourth-order valence-corrected chi connectivity index (χ4v) is 13.8. The van der Waals surface area contributed by atoms with Gasteiger partial charge in [0.15, 0.2) is 0 Å². The Bertz CT molecular complexity index is 3870.